The van der Waals surface area contributed by atoms with E-state index in [-0.39, 0.29) is 0 Å². The number of carboxylic acid groups (broad SMARTS) is 1. The number of aliphatic carboxylic acids is 1. The fourth-order valence-electron chi connectivity index (χ4n) is 1.31. The molecule has 1 rings (SSSR count). The number of carbonyl (C=O) groups is 1. The first kappa shape index (κ1) is 12.2. The van der Waals surface area contributed by atoms with E-state index >= 15 is 0 Å². The maximum Gasteiger partial charge on any atom is 0.328 e. The number of benzene rings is 1. The summed E-state index contributed by atoms with van der Waals surface area (Å²) in [4.78, 5) is 10.4. The summed E-state index contributed by atoms with van der Waals surface area (Å²) in [6.45, 7) is 4.13. The van der Waals surface area contributed by atoms with Gasteiger partial charge in [-0.25, -0.2) is 4.79 Å². The highest BCUT2D eigenvalue weighted by Crippen LogP contribution is 2.09. The maximum absolute atomic E-state index is 10.4. The number of allylic oxidation sites excluding steroid dienone is 2. The summed E-state index contributed by atoms with van der Waals surface area (Å²) in [5, 5.41) is 8.52. The first-order valence-electron chi connectivity index (χ1n) is 5.21. The molecule has 1 aromatic carbocycles. The zero-order valence-corrected chi connectivity index (χ0v) is 9.60. The van der Waals surface area contributed by atoms with Gasteiger partial charge in [0.15, 0.2) is 0 Å². The number of rotatable bonds is 4. The van der Waals surface area contributed by atoms with Crippen LogP contribution in [0.3, 0.4) is 0 Å². The molecule has 0 aromatic heterocycles. The minimum absolute atomic E-state index is 0.886. The van der Waals surface area contributed by atoms with Gasteiger partial charge in [-0.3, -0.25) is 0 Å². The van der Waals surface area contributed by atoms with Crippen LogP contribution in [0.1, 0.15) is 25.0 Å². The van der Waals surface area contributed by atoms with Crippen LogP contribution >= 0.6 is 0 Å². The summed E-state index contributed by atoms with van der Waals surface area (Å²) in [6, 6.07) is 7.87. The molecule has 16 heavy (non-hydrogen) atoms. The molecule has 0 heterocycles. The molecule has 0 radical (unpaired) electrons. The van der Waals surface area contributed by atoms with Crippen molar-refractivity contribution in [3.05, 3.63) is 53.1 Å². The van der Waals surface area contributed by atoms with Gasteiger partial charge in [0, 0.05) is 6.08 Å². The molecule has 0 unspecified atom stereocenters. The van der Waals surface area contributed by atoms with Crippen LogP contribution in [-0.2, 0) is 11.2 Å². The van der Waals surface area contributed by atoms with Crippen molar-refractivity contribution in [3.63, 3.8) is 0 Å². The number of hydrogen-bond acceptors (Lipinski definition) is 1. The average Bonchev–Trinajstić information content (AvgIpc) is 2.24. The molecule has 1 aromatic rings. The zero-order chi connectivity index (χ0) is 12.0. The van der Waals surface area contributed by atoms with E-state index in [1.54, 1.807) is 6.08 Å². The van der Waals surface area contributed by atoms with Crippen molar-refractivity contribution < 1.29 is 9.90 Å². The van der Waals surface area contributed by atoms with Crippen LogP contribution < -0.4 is 0 Å². The van der Waals surface area contributed by atoms with Gasteiger partial charge in [0.05, 0.1) is 0 Å². The number of hydrogen-bond donors (Lipinski definition) is 1. The van der Waals surface area contributed by atoms with Crippen molar-refractivity contribution in [2.24, 2.45) is 0 Å². The monoisotopic (exact) mass is 216 g/mol. The molecular weight excluding hydrogens is 200 g/mol. The normalized spacial score (nSPS) is 10.4. The largest absolute Gasteiger partial charge is 0.478 e. The second kappa shape index (κ2) is 5.91. The van der Waals surface area contributed by atoms with Gasteiger partial charge in [-0.1, -0.05) is 35.9 Å². The Morgan fingerprint density at radius 1 is 1.38 bits per heavy atom. The molecule has 2 nitrogen and oxygen atoms in total. The minimum Gasteiger partial charge on any atom is -0.478 e. The van der Waals surface area contributed by atoms with Crippen LogP contribution in [0, 0.1) is 0 Å². The molecule has 0 atom stereocenters. The Morgan fingerprint density at radius 2 is 2.12 bits per heavy atom. The minimum atomic E-state index is -0.922. The quantitative estimate of drug-likeness (QED) is 0.619. The Hall–Kier alpha value is -1.83. The van der Waals surface area contributed by atoms with E-state index in [9.17, 15) is 4.79 Å². The van der Waals surface area contributed by atoms with Crippen LogP contribution in [0.25, 0.3) is 6.08 Å². The molecule has 84 valence electrons. The van der Waals surface area contributed by atoms with Gasteiger partial charge < -0.3 is 5.11 Å². The van der Waals surface area contributed by atoms with Gasteiger partial charge in [0.25, 0.3) is 0 Å². The molecule has 0 spiro atoms. The Balaban J connectivity index is 2.79. The molecule has 0 amide bonds. The van der Waals surface area contributed by atoms with Crippen LogP contribution in [0.5, 0.6) is 0 Å². The summed E-state index contributed by atoms with van der Waals surface area (Å²) in [5.74, 6) is -0.922. The predicted octanol–water partition coefficient (Wildman–Crippen LogP) is 3.29. The Kier molecular flexibility index (Phi) is 4.52. The average molecular weight is 216 g/mol. The molecule has 0 saturated heterocycles. The van der Waals surface area contributed by atoms with Gasteiger partial charge in [0.1, 0.15) is 0 Å². The fourth-order valence-corrected chi connectivity index (χ4v) is 1.31. The first-order valence-corrected chi connectivity index (χ1v) is 5.21. The highest BCUT2D eigenvalue weighted by atomic mass is 16.4. The molecule has 0 aliphatic heterocycles. The summed E-state index contributed by atoms with van der Waals surface area (Å²) >= 11 is 0. The molecule has 0 bridgehead atoms. The number of carboxylic acids is 1. The van der Waals surface area contributed by atoms with Crippen molar-refractivity contribution >= 4 is 12.0 Å². The zero-order valence-electron chi connectivity index (χ0n) is 9.60. The molecule has 0 aliphatic carbocycles. The van der Waals surface area contributed by atoms with Crippen molar-refractivity contribution in [1.82, 2.24) is 0 Å². The van der Waals surface area contributed by atoms with E-state index < -0.39 is 5.97 Å². The maximum atomic E-state index is 10.4. The second-order valence-corrected chi connectivity index (χ2v) is 3.90. The topological polar surface area (TPSA) is 37.3 Å². The highest BCUT2D eigenvalue weighted by Gasteiger charge is 1.93. The molecular formula is C14H16O2. The van der Waals surface area contributed by atoms with Crippen molar-refractivity contribution in [1.29, 1.82) is 0 Å². The molecule has 0 aliphatic rings. The van der Waals surface area contributed by atoms with Crippen molar-refractivity contribution in [3.8, 4) is 0 Å². The highest BCUT2D eigenvalue weighted by molar-refractivity contribution is 5.85. The van der Waals surface area contributed by atoms with E-state index in [1.165, 1.54) is 11.1 Å². The van der Waals surface area contributed by atoms with Gasteiger partial charge in [-0.05, 0) is 37.5 Å². The van der Waals surface area contributed by atoms with Gasteiger partial charge >= 0.3 is 5.97 Å². The lowest BCUT2D eigenvalue weighted by Gasteiger charge is -1.99. The molecule has 2 heteroatoms. The smallest absolute Gasteiger partial charge is 0.328 e. The van der Waals surface area contributed by atoms with Gasteiger partial charge in [-0.15, -0.1) is 0 Å². The molecule has 0 saturated carbocycles. The Labute approximate surface area is 95.9 Å². The van der Waals surface area contributed by atoms with E-state index in [4.69, 9.17) is 5.11 Å². The Morgan fingerprint density at radius 3 is 2.75 bits per heavy atom. The third kappa shape index (κ3) is 4.60. The van der Waals surface area contributed by atoms with Gasteiger partial charge in [0.2, 0.25) is 0 Å². The third-order valence-electron chi connectivity index (χ3n) is 2.12. The van der Waals surface area contributed by atoms with Crippen molar-refractivity contribution in [2.45, 2.75) is 20.3 Å². The van der Waals surface area contributed by atoms with E-state index in [0.29, 0.717) is 0 Å². The Bertz CT molecular complexity index is 424. The van der Waals surface area contributed by atoms with Crippen LogP contribution in [0.4, 0.5) is 0 Å². The van der Waals surface area contributed by atoms with Crippen LogP contribution in [0.2, 0.25) is 0 Å². The lowest BCUT2D eigenvalue weighted by Crippen LogP contribution is -1.87. The summed E-state index contributed by atoms with van der Waals surface area (Å²) < 4.78 is 0. The lowest BCUT2D eigenvalue weighted by molar-refractivity contribution is -0.131. The molecule has 1 N–H and O–H groups in total. The lowest BCUT2D eigenvalue weighted by atomic mass is 10.1. The van der Waals surface area contributed by atoms with E-state index in [2.05, 4.69) is 19.9 Å². The SMILES string of the molecule is CC(C)=CCc1cccc(C=CC(=O)O)c1. The standard InChI is InChI=1S/C14H16O2/c1-11(2)6-7-12-4-3-5-13(10-12)8-9-14(15)16/h3-6,8-10H,7H2,1-2H3,(H,15,16). The second-order valence-electron chi connectivity index (χ2n) is 3.90. The summed E-state index contributed by atoms with van der Waals surface area (Å²) in [6.07, 6.45) is 5.80. The predicted molar refractivity (Wildman–Crippen MR) is 66.2 cm³/mol. The first-order chi connectivity index (χ1) is 7.58. The van der Waals surface area contributed by atoms with E-state index in [1.807, 2.05) is 24.3 Å². The fraction of sp³-hybridized carbons (Fsp3) is 0.214. The van der Waals surface area contributed by atoms with Gasteiger partial charge in [-0.2, -0.15) is 0 Å². The van der Waals surface area contributed by atoms with Crippen molar-refractivity contribution in [2.75, 3.05) is 0 Å². The summed E-state index contributed by atoms with van der Waals surface area (Å²) in [5.41, 5.74) is 3.39. The third-order valence-corrected chi connectivity index (χ3v) is 2.12. The van der Waals surface area contributed by atoms with E-state index in [0.717, 1.165) is 18.1 Å². The van der Waals surface area contributed by atoms with Crippen LogP contribution in [0.15, 0.2) is 42.0 Å². The van der Waals surface area contributed by atoms with Crippen LogP contribution in [-0.4, -0.2) is 11.1 Å². The molecule has 0 fully saturated rings. The summed E-state index contributed by atoms with van der Waals surface area (Å²) in [7, 11) is 0.